The smallest absolute Gasteiger partial charge is 0.333 e. The monoisotopic (exact) mass is 222 g/mol. The predicted molar refractivity (Wildman–Crippen MR) is 44.9 cm³/mol. The van der Waals surface area contributed by atoms with Crippen molar-refractivity contribution in [1.29, 1.82) is 0 Å². The van der Waals surface area contributed by atoms with Crippen molar-refractivity contribution in [2.45, 2.75) is 5.51 Å². The first-order chi connectivity index (χ1) is 5.25. The molecule has 0 fully saturated rings. The predicted octanol–water partition coefficient (Wildman–Crippen LogP) is 0.873. The highest BCUT2D eigenvalue weighted by Crippen LogP contribution is 2.20. The Morgan fingerprint density at radius 1 is 1.00 bits per heavy atom. The van der Waals surface area contributed by atoms with Crippen molar-refractivity contribution in [2.75, 3.05) is 34.4 Å². The van der Waals surface area contributed by atoms with E-state index in [0.717, 1.165) is 4.48 Å². The van der Waals surface area contributed by atoms with Crippen LogP contribution < -0.4 is 0 Å². The Morgan fingerprint density at radius 2 is 1.08 bits per heavy atom. The van der Waals surface area contributed by atoms with Crippen molar-refractivity contribution < 1.29 is 26.1 Å². The summed E-state index contributed by atoms with van der Waals surface area (Å²) in [6.07, 6.45) is 0.118. The van der Waals surface area contributed by atoms with Crippen LogP contribution in [0.3, 0.4) is 0 Å². The maximum absolute atomic E-state index is 11.0. The molecule has 0 saturated heterocycles. The van der Waals surface area contributed by atoms with Crippen molar-refractivity contribution in [3.63, 3.8) is 0 Å². The Hall–Kier alpha value is -0.300. The van der Waals surface area contributed by atoms with E-state index in [0.29, 0.717) is 0 Å². The SMILES string of the molecule is CS(=O)(=O)C(F)(F)F.C[N+](C)(C)C. The minimum Gasteiger partial charge on any atom is -0.333 e. The third kappa shape index (κ3) is 14.5. The van der Waals surface area contributed by atoms with Gasteiger partial charge in [-0.2, -0.15) is 13.2 Å². The molecule has 82 valence electrons. The van der Waals surface area contributed by atoms with E-state index in [1.165, 1.54) is 0 Å². The van der Waals surface area contributed by atoms with Gasteiger partial charge in [-0.1, -0.05) is 0 Å². The lowest BCUT2D eigenvalue weighted by molar-refractivity contribution is -0.849. The molecule has 3 nitrogen and oxygen atoms in total. The highest BCUT2D eigenvalue weighted by Gasteiger charge is 2.41. The summed E-state index contributed by atoms with van der Waals surface area (Å²) in [6, 6.07) is 0. The molecule has 0 aliphatic heterocycles. The number of nitrogens with zero attached hydrogens (tertiary/aromatic N) is 1. The van der Waals surface area contributed by atoms with Crippen LogP contribution in [0.4, 0.5) is 13.2 Å². The lowest BCUT2D eigenvalue weighted by Crippen LogP contribution is -2.27. The Balaban J connectivity index is 0. The van der Waals surface area contributed by atoms with E-state index in [9.17, 15) is 21.6 Å². The van der Waals surface area contributed by atoms with E-state index in [4.69, 9.17) is 0 Å². The fourth-order valence-electron chi connectivity index (χ4n) is 0. The Kier molecular flexibility index (Phi) is 4.99. The molecule has 0 unspecified atom stereocenters. The quantitative estimate of drug-likeness (QED) is 0.570. The highest BCUT2D eigenvalue weighted by atomic mass is 32.2. The van der Waals surface area contributed by atoms with E-state index in [2.05, 4.69) is 28.2 Å². The number of rotatable bonds is 0. The molecule has 0 radical (unpaired) electrons. The summed E-state index contributed by atoms with van der Waals surface area (Å²) in [4.78, 5) is 0. The van der Waals surface area contributed by atoms with E-state index in [1.807, 2.05) is 0 Å². The van der Waals surface area contributed by atoms with Crippen LogP contribution >= 0.6 is 0 Å². The molecule has 7 heteroatoms. The summed E-state index contributed by atoms with van der Waals surface area (Å²) in [5, 5.41) is 0. The fourth-order valence-corrected chi connectivity index (χ4v) is 0. The van der Waals surface area contributed by atoms with Gasteiger partial charge < -0.3 is 4.48 Å². The van der Waals surface area contributed by atoms with Gasteiger partial charge in [0.1, 0.15) is 0 Å². The van der Waals surface area contributed by atoms with E-state index >= 15 is 0 Å². The molecule has 0 heterocycles. The Bertz CT molecular complexity index is 232. The lowest BCUT2D eigenvalue weighted by Gasteiger charge is -2.14. The van der Waals surface area contributed by atoms with Gasteiger partial charge in [0, 0.05) is 6.26 Å². The van der Waals surface area contributed by atoms with Gasteiger partial charge in [-0.25, -0.2) is 8.42 Å². The first-order valence-corrected chi connectivity index (χ1v) is 5.19. The highest BCUT2D eigenvalue weighted by molar-refractivity contribution is 7.91. The summed E-state index contributed by atoms with van der Waals surface area (Å²) >= 11 is 0. The molecule has 0 spiro atoms. The number of halogens is 3. The first-order valence-electron chi connectivity index (χ1n) is 3.30. The number of hydrogen-bond donors (Lipinski definition) is 0. The van der Waals surface area contributed by atoms with Crippen molar-refractivity contribution in [1.82, 2.24) is 0 Å². The zero-order chi connectivity index (χ0) is 11.5. The normalized spacial score (nSPS) is 13.2. The molecule has 0 aliphatic carbocycles. The minimum atomic E-state index is -5.09. The van der Waals surface area contributed by atoms with Crippen LogP contribution in [-0.2, 0) is 9.84 Å². The van der Waals surface area contributed by atoms with Crippen LogP contribution in [0, 0.1) is 0 Å². The van der Waals surface area contributed by atoms with Crippen LogP contribution in [0.2, 0.25) is 0 Å². The molecule has 0 aromatic carbocycles. The molecule has 13 heavy (non-hydrogen) atoms. The summed E-state index contributed by atoms with van der Waals surface area (Å²) in [5.41, 5.74) is -5.09. The lowest BCUT2D eigenvalue weighted by atomic mass is 10.8. The second-order valence-corrected chi connectivity index (χ2v) is 5.91. The van der Waals surface area contributed by atoms with Gasteiger partial charge in [-0.3, -0.25) is 0 Å². The molecule has 0 saturated carbocycles. The third-order valence-electron chi connectivity index (χ3n) is 0.420. The van der Waals surface area contributed by atoms with Crippen LogP contribution in [0.1, 0.15) is 0 Å². The van der Waals surface area contributed by atoms with E-state index in [1.54, 1.807) is 0 Å². The van der Waals surface area contributed by atoms with Crippen LogP contribution in [-0.4, -0.2) is 52.9 Å². The van der Waals surface area contributed by atoms with Crippen molar-refractivity contribution in [3.05, 3.63) is 0 Å². The third-order valence-corrected chi connectivity index (χ3v) is 1.26. The largest absolute Gasteiger partial charge is 0.497 e. The van der Waals surface area contributed by atoms with Gasteiger partial charge in [-0.05, 0) is 0 Å². The molecule has 0 bridgehead atoms. The van der Waals surface area contributed by atoms with Crippen LogP contribution in [0.15, 0.2) is 0 Å². The Morgan fingerprint density at radius 3 is 1.08 bits per heavy atom. The fraction of sp³-hybridized carbons (Fsp3) is 1.00. The zero-order valence-corrected chi connectivity index (χ0v) is 9.12. The van der Waals surface area contributed by atoms with Gasteiger partial charge in [0.05, 0.1) is 28.2 Å². The zero-order valence-electron chi connectivity index (χ0n) is 8.31. The Labute approximate surface area is 76.7 Å². The van der Waals surface area contributed by atoms with Crippen molar-refractivity contribution in [2.24, 2.45) is 0 Å². The van der Waals surface area contributed by atoms with E-state index in [-0.39, 0.29) is 6.26 Å². The average molecular weight is 222 g/mol. The minimum absolute atomic E-state index is 0.118. The summed E-state index contributed by atoms with van der Waals surface area (Å²) in [7, 11) is 3.66. The summed E-state index contributed by atoms with van der Waals surface area (Å²) < 4.78 is 53.0. The molecule has 0 aliphatic rings. The van der Waals surface area contributed by atoms with Gasteiger partial charge >= 0.3 is 5.51 Å². The average Bonchev–Trinajstić information content (AvgIpc) is 1.50. The number of quaternary nitrogens is 1. The summed E-state index contributed by atoms with van der Waals surface area (Å²) in [5.74, 6) is 0. The second kappa shape index (κ2) is 4.28. The number of alkyl halides is 3. The molecule has 0 rings (SSSR count). The molecule has 0 aromatic heterocycles. The number of hydrogen-bond acceptors (Lipinski definition) is 2. The van der Waals surface area contributed by atoms with Crippen molar-refractivity contribution >= 4 is 9.84 Å². The topological polar surface area (TPSA) is 34.1 Å². The van der Waals surface area contributed by atoms with Crippen LogP contribution in [0.25, 0.3) is 0 Å². The molecular weight excluding hydrogens is 207 g/mol. The molecule has 0 atom stereocenters. The molecule has 0 aromatic rings. The number of sulfone groups is 1. The van der Waals surface area contributed by atoms with Crippen molar-refractivity contribution in [3.8, 4) is 0 Å². The van der Waals surface area contributed by atoms with Gasteiger partial charge in [0.2, 0.25) is 9.84 Å². The van der Waals surface area contributed by atoms with Gasteiger partial charge in [-0.15, -0.1) is 0 Å². The maximum Gasteiger partial charge on any atom is 0.497 e. The van der Waals surface area contributed by atoms with Gasteiger partial charge in [0.15, 0.2) is 0 Å². The first kappa shape index (κ1) is 15.2. The molecular formula is C6H15F3NO2S+. The maximum atomic E-state index is 11.0. The standard InChI is InChI=1S/C4H12N.C2H3F3O2S/c1-5(2,3)4;1-8(6,7)2(3,4)5/h1-4H3;1H3/q+1;. The summed E-state index contributed by atoms with van der Waals surface area (Å²) in [6.45, 7) is 0. The van der Waals surface area contributed by atoms with E-state index < -0.39 is 15.3 Å². The van der Waals surface area contributed by atoms with Gasteiger partial charge in [0.25, 0.3) is 0 Å². The molecule has 0 amide bonds. The molecule has 0 N–H and O–H groups in total. The second-order valence-electron chi connectivity index (χ2n) is 3.90. The van der Waals surface area contributed by atoms with Crippen LogP contribution in [0.5, 0.6) is 0 Å².